The van der Waals surface area contributed by atoms with E-state index >= 15 is 4.39 Å². The van der Waals surface area contributed by atoms with E-state index < -0.39 is 56.0 Å². The minimum atomic E-state index is -3.55. The van der Waals surface area contributed by atoms with Crippen molar-refractivity contribution < 1.29 is 18.1 Å². The Morgan fingerprint density at radius 3 is 3.00 bits per heavy atom. The molecule has 5 nitrogen and oxygen atoms in total. The van der Waals surface area contributed by atoms with Crippen molar-refractivity contribution in [2.24, 2.45) is 5.92 Å². The molecule has 0 bridgehead atoms. The molecule has 0 radical (unpaired) electrons. The molecule has 1 aromatic carbocycles. The third-order valence-electron chi connectivity index (χ3n) is 3.86. The van der Waals surface area contributed by atoms with E-state index in [1.54, 1.807) is 6.07 Å². The number of anilines is 1. The lowest BCUT2D eigenvalue weighted by Crippen LogP contribution is -2.51. The topological polar surface area (TPSA) is 56.1 Å². The molecule has 1 saturated heterocycles. The molecule has 0 aliphatic carbocycles. The van der Waals surface area contributed by atoms with Crippen LogP contribution in [0.15, 0.2) is 30.5 Å². The third-order valence-corrected chi connectivity index (χ3v) is 3.86. The zero-order valence-corrected chi connectivity index (χ0v) is 15.0. The monoisotopic (exact) mass is 377 g/mol. The Bertz CT molecular complexity index is 1200. The summed E-state index contributed by atoms with van der Waals surface area (Å²) < 4.78 is 101. The molecule has 1 aromatic heterocycles. The van der Waals surface area contributed by atoms with Gasteiger partial charge in [0, 0.05) is 46.5 Å². The van der Waals surface area contributed by atoms with Crippen LogP contribution in [0.3, 0.4) is 0 Å². The summed E-state index contributed by atoms with van der Waals surface area (Å²) in [5.41, 5.74) is -1.25. The Morgan fingerprint density at radius 1 is 1.48 bits per heavy atom. The van der Waals surface area contributed by atoms with Gasteiger partial charge in [0.05, 0.1) is 16.9 Å². The van der Waals surface area contributed by atoms with E-state index in [2.05, 4.69) is 10.2 Å². The van der Waals surface area contributed by atoms with Crippen LogP contribution in [0.25, 0.3) is 0 Å². The van der Waals surface area contributed by atoms with Crippen LogP contribution in [0.4, 0.5) is 10.1 Å². The lowest BCUT2D eigenvalue weighted by atomic mass is 9.99. The number of nitriles is 1. The molecule has 1 aliphatic rings. The van der Waals surface area contributed by atoms with Gasteiger partial charge < -0.3 is 4.90 Å². The average Bonchev–Trinajstić information content (AvgIpc) is 2.75. The van der Waals surface area contributed by atoms with Gasteiger partial charge in [-0.2, -0.15) is 15.5 Å². The Hall–Kier alpha value is -2.52. The molecular formula is C21H26FN5. The number of hydrogen-bond donors (Lipinski definition) is 0. The molecule has 1 unspecified atom stereocenters. The van der Waals surface area contributed by atoms with Crippen molar-refractivity contribution in [2.45, 2.75) is 39.7 Å². The predicted octanol–water partition coefficient (Wildman–Crippen LogP) is 3.40. The molecule has 6 heteroatoms. The van der Waals surface area contributed by atoms with E-state index in [-0.39, 0.29) is 33.4 Å². The highest BCUT2D eigenvalue weighted by molar-refractivity contribution is 5.62. The average molecular weight is 378 g/mol. The van der Waals surface area contributed by atoms with Crippen molar-refractivity contribution in [3.05, 3.63) is 53.1 Å². The summed E-state index contributed by atoms with van der Waals surface area (Å²) in [7, 11) is 0. The number of piperazine rings is 1. The van der Waals surface area contributed by atoms with Crippen molar-refractivity contribution in [1.82, 2.24) is 15.1 Å². The van der Waals surface area contributed by atoms with Gasteiger partial charge in [-0.1, -0.05) is 13.8 Å². The second kappa shape index (κ2) is 8.45. The van der Waals surface area contributed by atoms with E-state index in [9.17, 15) is 5.26 Å². The molecule has 0 amide bonds. The quantitative estimate of drug-likeness (QED) is 0.799. The van der Waals surface area contributed by atoms with Crippen LogP contribution in [0.2, 0.25) is 0 Å². The van der Waals surface area contributed by atoms with E-state index in [4.69, 9.17) is 13.7 Å². The zero-order valence-electron chi connectivity index (χ0n) is 25.0. The fourth-order valence-electron chi connectivity index (χ4n) is 2.70. The highest BCUT2D eigenvalue weighted by Crippen LogP contribution is 2.28. The van der Waals surface area contributed by atoms with Crippen molar-refractivity contribution in [2.75, 3.05) is 24.4 Å². The van der Waals surface area contributed by atoms with E-state index in [1.165, 1.54) is 18.3 Å². The van der Waals surface area contributed by atoms with Gasteiger partial charge in [0.25, 0.3) is 0 Å². The molecule has 142 valence electrons. The molecule has 27 heavy (non-hydrogen) atoms. The normalized spacial score (nSPS) is 32.2. The molecule has 1 atom stereocenters. The predicted molar refractivity (Wildman–Crippen MR) is 104 cm³/mol. The minimum absolute atomic E-state index is 0.0124. The van der Waals surface area contributed by atoms with Gasteiger partial charge in [-0.25, -0.2) is 4.39 Å². The first-order valence-electron chi connectivity index (χ1n) is 13.4. The van der Waals surface area contributed by atoms with Crippen LogP contribution < -0.4 is 4.90 Å². The first kappa shape index (κ1) is 10.1. The molecule has 2 heterocycles. The second-order valence-electron chi connectivity index (χ2n) is 6.50. The van der Waals surface area contributed by atoms with Crippen molar-refractivity contribution in [3.8, 4) is 6.07 Å². The van der Waals surface area contributed by atoms with Crippen LogP contribution in [-0.4, -0.2) is 40.6 Å². The summed E-state index contributed by atoms with van der Waals surface area (Å²) in [6.07, 6.45) is 1.56. The molecular weight excluding hydrogens is 341 g/mol. The van der Waals surface area contributed by atoms with Crippen LogP contribution in [-0.2, 0) is 13.0 Å². The van der Waals surface area contributed by atoms with Crippen molar-refractivity contribution in [1.29, 1.82) is 5.26 Å². The van der Waals surface area contributed by atoms with Gasteiger partial charge in [-0.3, -0.25) is 4.90 Å². The van der Waals surface area contributed by atoms with Crippen LogP contribution in [0.5, 0.6) is 0 Å². The van der Waals surface area contributed by atoms with E-state index in [0.717, 1.165) is 12.1 Å². The van der Waals surface area contributed by atoms with Gasteiger partial charge in [-0.15, -0.1) is 0 Å². The fourth-order valence-corrected chi connectivity index (χ4v) is 2.70. The Labute approximate surface area is 174 Å². The maximum atomic E-state index is 15.0. The highest BCUT2D eigenvalue weighted by Gasteiger charge is 2.27. The first-order valence-corrected chi connectivity index (χ1v) is 8.41. The van der Waals surface area contributed by atoms with Gasteiger partial charge in [0.2, 0.25) is 0 Å². The number of rotatable bonds is 5. The van der Waals surface area contributed by atoms with Gasteiger partial charge in [0.1, 0.15) is 17.4 Å². The largest absolute Gasteiger partial charge is 0.368 e. The Morgan fingerprint density at radius 2 is 2.33 bits per heavy atom. The highest BCUT2D eigenvalue weighted by atomic mass is 19.1. The lowest BCUT2D eigenvalue weighted by Gasteiger charge is -2.41. The van der Waals surface area contributed by atoms with Crippen LogP contribution >= 0.6 is 0 Å². The Kier molecular flexibility index (Phi) is 3.17. The zero-order chi connectivity index (χ0) is 28.2. The Balaban J connectivity index is 2.38. The van der Waals surface area contributed by atoms with Crippen LogP contribution in [0.1, 0.15) is 51.2 Å². The molecule has 0 spiro atoms. The van der Waals surface area contributed by atoms with Crippen LogP contribution in [0, 0.1) is 23.1 Å². The summed E-state index contributed by atoms with van der Waals surface area (Å²) in [5.74, 6) is -1.11. The number of benzene rings is 1. The SMILES string of the molecule is [2H]C([2H])([2H])C1([2H])N(Cc2cccnn2)C([2H])([2H])C([2H])([2H])N(c2cc(CC(C)C)cc(F)c2C#N)C1([2H])[2H]. The lowest BCUT2D eigenvalue weighted by molar-refractivity contribution is 0.178. The summed E-state index contributed by atoms with van der Waals surface area (Å²) in [6, 6.07) is 3.05. The second-order valence-corrected chi connectivity index (χ2v) is 6.50. The smallest absolute Gasteiger partial charge is 0.143 e. The minimum Gasteiger partial charge on any atom is -0.368 e. The van der Waals surface area contributed by atoms with E-state index in [1.807, 2.05) is 13.8 Å². The fraction of sp³-hybridized carbons (Fsp3) is 0.476. The summed E-state index contributed by atoms with van der Waals surface area (Å²) in [5, 5.41) is 17.1. The molecule has 1 fully saturated rings. The number of halogens is 1. The third kappa shape index (κ3) is 4.61. The number of nitrogens with zero attached hydrogens (tertiary/aromatic N) is 5. The summed E-state index contributed by atoms with van der Waals surface area (Å²) in [6.45, 7) is -11.0. The summed E-state index contributed by atoms with van der Waals surface area (Å²) >= 11 is 0. The summed E-state index contributed by atoms with van der Waals surface area (Å²) in [4.78, 5) is 0.353. The van der Waals surface area contributed by atoms with Gasteiger partial charge >= 0.3 is 0 Å². The standard InChI is InChI=1S/C21H26FN5/c1-15(2)9-17-10-20(22)19(12-23)21(11-17)27-8-7-26(16(3)13-27)14-18-5-4-6-24-25-18/h4-6,10-11,15-16H,7-9,13-14H2,1-3H3/i3D3,7D2,8D2,13D2,16D. The molecule has 0 N–H and O–H groups in total. The number of aromatic nitrogens is 2. The number of hydrogen-bond acceptors (Lipinski definition) is 5. The maximum Gasteiger partial charge on any atom is 0.143 e. The molecule has 1 aliphatic heterocycles. The van der Waals surface area contributed by atoms with Crippen molar-refractivity contribution >= 4 is 5.69 Å². The molecule has 2 aromatic rings. The van der Waals surface area contributed by atoms with Crippen molar-refractivity contribution in [3.63, 3.8) is 0 Å². The van der Waals surface area contributed by atoms with Gasteiger partial charge in [0.15, 0.2) is 0 Å². The first-order chi connectivity index (χ1) is 16.8. The van der Waals surface area contributed by atoms with Gasteiger partial charge in [-0.05, 0) is 49.0 Å². The maximum absolute atomic E-state index is 15.0. The molecule has 0 saturated carbocycles. The molecule has 3 rings (SSSR count). The van der Waals surface area contributed by atoms with E-state index in [0.29, 0.717) is 0 Å².